The SMILES string of the molecule is CCn1c(Oc2cccc(N(C(C)C)C(C)C)c2)nnc1[C@@H](C)N. The van der Waals surface area contributed by atoms with E-state index in [0.717, 1.165) is 17.3 Å². The third kappa shape index (κ3) is 3.87. The lowest BCUT2D eigenvalue weighted by atomic mass is 10.2. The summed E-state index contributed by atoms with van der Waals surface area (Å²) in [5.74, 6) is 1.48. The van der Waals surface area contributed by atoms with Crippen LogP contribution in [0, 0.1) is 0 Å². The maximum absolute atomic E-state index is 5.99. The first-order chi connectivity index (χ1) is 11.3. The van der Waals surface area contributed by atoms with Gasteiger partial charge >= 0.3 is 6.01 Å². The predicted octanol–water partition coefficient (Wildman–Crippen LogP) is 3.73. The lowest BCUT2D eigenvalue weighted by molar-refractivity contribution is 0.409. The van der Waals surface area contributed by atoms with Gasteiger partial charge in [0.2, 0.25) is 0 Å². The number of benzene rings is 1. The Hall–Kier alpha value is -2.08. The van der Waals surface area contributed by atoms with Crippen molar-refractivity contribution in [3.8, 4) is 11.8 Å². The molecule has 0 unspecified atom stereocenters. The zero-order valence-corrected chi connectivity index (χ0v) is 15.5. The van der Waals surface area contributed by atoms with Crippen molar-refractivity contribution < 1.29 is 4.74 Å². The largest absolute Gasteiger partial charge is 0.424 e. The van der Waals surface area contributed by atoms with Gasteiger partial charge in [0.05, 0.1) is 6.04 Å². The summed E-state index contributed by atoms with van der Waals surface area (Å²) in [5, 5.41) is 8.29. The van der Waals surface area contributed by atoms with E-state index in [1.807, 2.05) is 36.6 Å². The number of nitrogens with zero attached hydrogens (tertiary/aromatic N) is 4. The fourth-order valence-electron chi connectivity index (χ4n) is 3.02. The van der Waals surface area contributed by atoms with E-state index in [1.165, 1.54) is 0 Å². The first-order valence-electron chi connectivity index (χ1n) is 8.60. The number of hydrogen-bond acceptors (Lipinski definition) is 5. The molecule has 0 saturated heterocycles. The molecule has 0 aliphatic carbocycles. The Bertz CT molecular complexity index is 655. The summed E-state index contributed by atoms with van der Waals surface area (Å²) in [6.45, 7) is 13.4. The van der Waals surface area contributed by atoms with Crippen LogP contribution in [-0.4, -0.2) is 26.8 Å². The van der Waals surface area contributed by atoms with Crippen molar-refractivity contribution in [1.29, 1.82) is 0 Å². The molecule has 0 fully saturated rings. The van der Waals surface area contributed by atoms with Crippen LogP contribution < -0.4 is 15.4 Å². The van der Waals surface area contributed by atoms with Crippen molar-refractivity contribution in [2.24, 2.45) is 5.73 Å². The maximum atomic E-state index is 5.99. The molecule has 1 heterocycles. The molecule has 2 N–H and O–H groups in total. The molecule has 1 aromatic carbocycles. The topological polar surface area (TPSA) is 69.2 Å². The Morgan fingerprint density at radius 2 is 1.79 bits per heavy atom. The number of hydrogen-bond donors (Lipinski definition) is 1. The van der Waals surface area contributed by atoms with Crippen LogP contribution in [-0.2, 0) is 6.54 Å². The molecule has 2 rings (SSSR count). The van der Waals surface area contributed by atoms with E-state index in [-0.39, 0.29) is 6.04 Å². The zero-order chi connectivity index (χ0) is 17.9. The first kappa shape index (κ1) is 18.3. The van der Waals surface area contributed by atoms with Crippen LogP contribution in [0.4, 0.5) is 5.69 Å². The standard InChI is InChI=1S/C18H29N5O/c1-7-22-17(14(6)19)20-21-18(22)24-16-10-8-9-15(11-16)23(12(2)3)13(4)5/h8-14H,7,19H2,1-6H3/t14-/m1/s1. The molecule has 0 aliphatic heterocycles. The lowest BCUT2D eigenvalue weighted by Crippen LogP contribution is -2.36. The highest BCUT2D eigenvalue weighted by Gasteiger charge is 2.17. The first-order valence-corrected chi connectivity index (χ1v) is 8.60. The van der Waals surface area contributed by atoms with Gasteiger partial charge in [-0.25, -0.2) is 0 Å². The summed E-state index contributed by atoms with van der Waals surface area (Å²) in [4.78, 5) is 2.35. The van der Waals surface area contributed by atoms with Gasteiger partial charge in [-0.3, -0.25) is 4.57 Å². The van der Waals surface area contributed by atoms with Crippen LogP contribution >= 0.6 is 0 Å². The van der Waals surface area contributed by atoms with Crippen LogP contribution in [0.1, 0.15) is 53.4 Å². The van der Waals surface area contributed by atoms with Gasteiger partial charge in [-0.05, 0) is 53.7 Å². The van der Waals surface area contributed by atoms with Crippen molar-refractivity contribution in [1.82, 2.24) is 14.8 Å². The van der Waals surface area contributed by atoms with E-state index < -0.39 is 0 Å². The highest BCUT2D eigenvalue weighted by Crippen LogP contribution is 2.28. The minimum Gasteiger partial charge on any atom is -0.424 e. The average Bonchev–Trinajstić information content (AvgIpc) is 2.89. The monoisotopic (exact) mass is 331 g/mol. The molecule has 132 valence electrons. The van der Waals surface area contributed by atoms with E-state index in [1.54, 1.807) is 0 Å². The second-order valence-electron chi connectivity index (χ2n) is 6.57. The van der Waals surface area contributed by atoms with E-state index in [9.17, 15) is 0 Å². The van der Waals surface area contributed by atoms with Crippen LogP contribution in [0.2, 0.25) is 0 Å². The molecular weight excluding hydrogens is 302 g/mol. The zero-order valence-electron chi connectivity index (χ0n) is 15.5. The summed E-state index contributed by atoms with van der Waals surface area (Å²) in [5.41, 5.74) is 7.07. The van der Waals surface area contributed by atoms with Gasteiger partial charge in [0, 0.05) is 30.4 Å². The van der Waals surface area contributed by atoms with Crippen molar-refractivity contribution >= 4 is 5.69 Å². The Balaban J connectivity index is 2.30. The molecule has 1 atom stereocenters. The number of anilines is 1. The van der Waals surface area contributed by atoms with E-state index in [4.69, 9.17) is 10.5 Å². The summed E-state index contributed by atoms with van der Waals surface area (Å²) < 4.78 is 7.89. The highest BCUT2D eigenvalue weighted by atomic mass is 16.5. The third-order valence-corrected chi connectivity index (χ3v) is 3.91. The molecule has 1 aromatic heterocycles. The number of aromatic nitrogens is 3. The average molecular weight is 331 g/mol. The quantitative estimate of drug-likeness (QED) is 0.837. The van der Waals surface area contributed by atoms with Gasteiger partial charge in [-0.15, -0.1) is 5.10 Å². The molecule has 0 bridgehead atoms. The van der Waals surface area contributed by atoms with E-state index >= 15 is 0 Å². The molecule has 0 amide bonds. The molecule has 6 heteroatoms. The van der Waals surface area contributed by atoms with Crippen molar-refractivity contribution in [2.75, 3.05) is 4.90 Å². The fourth-order valence-corrected chi connectivity index (χ4v) is 3.02. The van der Waals surface area contributed by atoms with Crippen LogP contribution in [0.5, 0.6) is 11.8 Å². The minimum atomic E-state index is -0.182. The van der Waals surface area contributed by atoms with Crippen molar-refractivity contribution in [3.05, 3.63) is 30.1 Å². The third-order valence-electron chi connectivity index (χ3n) is 3.91. The molecule has 2 aromatic rings. The molecule has 6 nitrogen and oxygen atoms in total. The molecule has 0 radical (unpaired) electrons. The Morgan fingerprint density at radius 1 is 1.12 bits per heavy atom. The summed E-state index contributed by atoms with van der Waals surface area (Å²) >= 11 is 0. The van der Waals surface area contributed by atoms with Gasteiger partial charge in [-0.1, -0.05) is 11.2 Å². The molecule has 0 aliphatic rings. The summed E-state index contributed by atoms with van der Waals surface area (Å²) in [7, 11) is 0. The summed E-state index contributed by atoms with van der Waals surface area (Å²) in [6, 6.07) is 9.18. The fraction of sp³-hybridized carbons (Fsp3) is 0.556. The lowest BCUT2D eigenvalue weighted by Gasteiger charge is -2.33. The Morgan fingerprint density at radius 3 is 2.33 bits per heavy atom. The van der Waals surface area contributed by atoms with Crippen LogP contribution in [0.25, 0.3) is 0 Å². The second kappa shape index (κ2) is 7.66. The van der Waals surface area contributed by atoms with E-state index in [0.29, 0.717) is 24.6 Å². The van der Waals surface area contributed by atoms with Gasteiger partial charge < -0.3 is 15.4 Å². The number of ether oxygens (including phenoxy) is 1. The Kier molecular flexibility index (Phi) is 5.83. The van der Waals surface area contributed by atoms with Crippen LogP contribution in [0.3, 0.4) is 0 Å². The normalized spacial score (nSPS) is 12.7. The molecular formula is C18H29N5O. The molecule has 24 heavy (non-hydrogen) atoms. The Labute approximate surface area is 144 Å². The van der Waals surface area contributed by atoms with Gasteiger partial charge in [0.15, 0.2) is 5.82 Å². The van der Waals surface area contributed by atoms with E-state index in [2.05, 4.69) is 48.9 Å². The van der Waals surface area contributed by atoms with Crippen LogP contribution in [0.15, 0.2) is 24.3 Å². The van der Waals surface area contributed by atoms with Crippen molar-refractivity contribution in [2.45, 2.75) is 66.2 Å². The van der Waals surface area contributed by atoms with Gasteiger partial charge in [-0.2, -0.15) is 0 Å². The number of nitrogens with two attached hydrogens (primary N) is 1. The number of rotatable bonds is 7. The maximum Gasteiger partial charge on any atom is 0.322 e. The highest BCUT2D eigenvalue weighted by molar-refractivity contribution is 5.52. The molecule has 0 spiro atoms. The minimum absolute atomic E-state index is 0.182. The smallest absolute Gasteiger partial charge is 0.322 e. The van der Waals surface area contributed by atoms with Gasteiger partial charge in [0.1, 0.15) is 5.75 Å². The second-order valence-corrected chi connectivity index (χ2v) is 6.57. The predicted molar refractivity (Wildman–Crippen MR) is 97.6 cm³/mol. The van der Waals surface area contributed by atoms with Gasteiger partial charge in [0.25, 0.3) is 0 Å². The van der Waals surface area contributed by atoms with Crippen molar-refractivity contribution in [3.63, 3.8) is 0 Å². The summed E-state index contributed by atoms with van der Waals surface area (Å²) in [6.07, 6.45) is 0. The molecule has 0 saturated carbocycles.